The zero-order valence-corrected chi connectivity index (χ0v) is 23.0. The van der Waals surface area contributed by atoms with Gasteiger partial charge in [0.05, 0.1) is 41.1 Å². The molecule has 0 fully saturated rings. The molecule has 0 unspecified atom stereocenters. The number of H-pyrrole nitrogens is 1. The number of likely N-dealkylation sites (N-methyl/N-ethyl adjacent to an activating group) is 2. The molecule has 2 aromatic carbocycles. The smallest absolute Gasteiger partial charge is 0.247 e. The number of carbonyl (C=O) groups excluding carboxylic acids is 1. The average Bonchev–Trinajstić information content (AvgIpc) is 3.23. The first-order valence-electron chi connectivity index (χ1n) is 12.1. The molecule has 0 radical (unpaired) electrons. The van der Waals surface area contributed by atoms with E-state index < -0.39 is 0 Å². The zero-order valence-electron chi connectivity index (χ0n) is 22.2. The molecule has 198 valence electrons. The summed E-state index contributed by atoms with van der Waals surface area (Å²) in [6, 6.07) is 11.7. The first-order valence-corrected chi connectivity index (χ1v) is 12.5. The van der Waals surface area contributed by atoms with Crippen molar-refractivity contribution in [3.8, 4) is 17.0 Å². The topological polar surface area (TPSA) is 98.4 Å². The standard InChI is InChI=1S/C28H32ClN7O2/c1-7-25(37)32-21-14-22(24(38-6)15-23(21)36(5)13-12-35(3)4)33-28-30-16-19(29)27(34-28)26-17(2)31-20-11-9-8-10-18(20)26/h7-11,14-16,31H,1,12-13H2,2-6H3,(H,32,37)(H,30,33,34). The van der Waals surface area contributed by atoms with Gasteiger partial charge in [-0.25, -0.2) is 9.97 Å². The molecule has 0 saturated carbocycles. The Kier molecular flexibility index (Phi) is 8.19. The lowest BCUT2D eigenvalue weighted by molar-refractivity contribution is -0.111. The number of aromatic amines is 1. The van der Waals surface area contributed by atoms with Crippen LogP contribution in [0, 0.1) is 6.92 Å². The average molecular weight is 534 g/mol. The Morgan fingerprint density at radius 2 is 1.95 bits per heavy atom. The van der Waals surface area contributed by atoms with E-state index in [0.29, 0.717) is 33.8 Å². The van der Waals surface area contributed by atoms with Gasteiger partial charge in [0.1, 0.15) is 5.75 Å². The van der Waals surface area contributed by atoms with Crippen molar-refractivity contribution in [3.63, 3.8) is 0 Å². The number of hydrogen-bond donors (Lipinski definition) is 3. The highest BCUT2D eigenvalue weighted by Crippen LogP contribution is 2.39. The maximum absolute atomic E-state index is 12.2. The van der Waals surface area contributed by atoms with E-state index in [9.17, 15) is 4.79 Å². The van der Waals surface area contributed by atoms with Crippen LogP contribution in [-0.2, 0) is 4.79 Å². The third-order valence-electron chi connectivity index (χ3n) is 6.18. The highest BCUT2D eigenvalue weighted by atomic mass is 35.5. The SMILES string of the molecule is C=CC(=O)Nc1cc(Nc2ncc(Cl)c(-c3c(C)[nH]c4ccccc34)n2)c(OC)cc1N(C)CCN(C)C. The van der Waals surface area contributed by atoms with Crippen LogP contribution in [0.4, 0.5) is 23.0 Å². The number of rotatable bonds is 10. The number of nitrogens with one attached hydrogen (secondary N) is 3. The van der Waals surface area contributed by atoms with Gasteiger partial charge in [-0.05, 0) is 39.2 Å². The normalized spacial score (nSPS) is 11.0. The Bertz CT molecular complexity index is 1480. The molecule has 2 aromatic heterocycles. The molecule has 0 aliphatic carbocycles. The minimum Gasteiger partial charge on any atom is -0.494 e. The molecule has 4 rings (SSSR count). The van der Waals surface area contributed by atoms with Gasteiger partial charge in [0, 0.05) is 48.4 Å². The summed E-state index contributed by atoms with van der Waals surface area (Å²) in [5, 5.41) is 7.61. The molecular formula is C28H32ClN7O2. The van der Waals surface area contributed by atoms with E-state index in [1.165, 1.54) is 6.08 Å². The molecular weight excluding hydrogens is 502 g/mol. The third kappa shape index (κ3) is 5.74. The molecule has 2 heterocycles. The van der Waals surface area contributed by atoms with Crippen molar-refractivity contribution in [2.45, 2.75) is 6.92 Å². The zero-order chi connectivity index (χ0) is 27.4. The van der Waals surface area contributed by atoms with Crippen LogP contribution in [-0.4, -0.2) is 67.1 Å². The fourth-order valence-corrected chi connectivity index (χ4v) is 4.40. The first kappa shape index (κ1) is 27.0. The van der Waals surface area contributed by atoms with Crippen molar-refractivity contribution < 1.29 is 9.53 Å². The van der Waals surface area contributed by atoms with Gasteiger partial charge in [-0.3, -0.25) is 4.79 Å². The van der Waals surface area contributed by atoms with Gasteiger partial charge < -0.3 is 30.2 Å². The summed E-state index contributed by atoms with van der Waals surface area (Å²) in [4.78, 5) is 29.0. The van der Waals surface area contributed by atoms with Crippen LogP contribution in [0.15, 0.2) is 55.3 Å². The Balaban J connectivity index is 1.75. The van der Waals surface area contributed by atoms with Crippen molar-refractivity contribution >= 4 is 51.4 Å². The van der Waals surface area contributed by atoms with Crippen LogP contribution < -0.4 is 20.3 Å². The number of ether oxygens (including phenoxy) is 1. The number of methoxy groups -OCH3 is 1. The number of anilines is 4. The fourth-order valence-electron chi connectivity index (χ4n) is 4.21. The lowest BCUT2D eigenvalue weighted by atomic mass is 10.1. The molecule has 9 nitrogen and oxygen atoms in total. The molecule has 3 N–H and O–H groups in total. The molecule has 0 spiro atoms. The molecule has 0 aliphatic heterocycles. The monoisotopic (exact) mass is 533 g/mol. The lowest BCUT2D eigenvalue weighted by Gasteiger charge is -2.26. The number of aryl methyl sites for hydroxylation is 1. The molecule has 10 heteroatoms. The van der Waals surface area contributed by atoms with Crippen LogP contribution in [0.25, 0.3) is 22.2 Å². The molecule has 0 bridgehead atoms. The molecule has 38 heavy (non-hydrogen) atoms. The van der Waals surface area contributed by atoms with E-state index in [2.05, 4.69) is 37.0 Å². The molecule has 0 saturated heterocycles. The Hall–Kier alpha value is -4.08. The van der Waals surface area contributed by atoms with Crippen molar-refractivity contribution in [1.82, 2.24) is 19.9 Å². The van der Waals surface area contributed by atoms with Gasteiger partial charge in [0.25, 0.3) is 0 Å². The summed E-state index contributed by atoms with van der Waals surface area (Å²) in [6.45, 7) is 7.15. The largest absolute Gasteiger partial charge is 0.494 e. The number of nitrogens with zero attached hydrogens (tertiary/aromatic N) is 4. The summed E-state index contributed by atoms with van der Waals surface area (Å²) in [7, 11) is 7.59. The van der Waals surface area contributed by atoms with Crippen LogP contribution in [0.3, 0.4) is 0 Å². The summed E-state index contributed by atoms with van der Waals surface area (Å²) in [5.41, 5.74) is 5.47. The van der Waals surface area contributed by atoms with Gasteiger partial charge >= 0.3 is 0 Å². The number of amides is 1. The fraction of sp³-hybridized carbons (Fsp3) is 0.250. The first-order chi connectivity index (χ1) is 18.2. The van der Waals surface area contributed by atoms with E-state index >= 15 is 0 Å². The van der Waals surface area contributed by atoms with Crippen molar-refractivity contribution in [2.24, 2.45) is 0 Å². The van der Waals surface area contributed by atoms with E-state index in [-0.39, 0.29) is 5.91 Å². The highest BCUT2D eigenvalue weighted by molar-refractivity contribution is 6.33. The summed E-state index contributed by atoms with van der Waals surface area (Å²) < 4.78 is 5.70. The lowest BCUT2D eigenvalue weighted by Crippen LogP contribution is -2.29. The number of halogens is 1. The maximum atomic E-state index is 12.2. The van der Waals surface area contributed by atoms with Crippen LogP contribution in [0.2, 0.25) is 5.02 Å². The van der Waals surface area contributed by atoms with Crippen molar-refractivity contribution in [1.29, 1.82) is 0 Å². The number of fused-ring (bicyclic) bond motifs is 1. The Labute approximate surface area is 227 Å². The van der Waals surface area contributed by atoms with Gasteiger partial charge in [0.15, 0.2) is 0 Å². The summed E-state index contributed by atoms with van der Waals surface area (Å²) in [5.74, 6) is 0.585. The number of para-hydroxylation sites is 1. The second-order valence-corrected chi connectivity index (χ2v) is 9.58. The minimum absolute atomic E-state index is 0.316. The summed E-state index contributed by atoms with van der Waals surface area (Å²) >= 11 is 6.57. The van der Waals surface area contributed by atoms with E-state index in [1.807, 2.05) is 58.4 Å². The van der Waals surface area contributed by atoms with Crippen LogP contribution in [0.5, 0.6) is 5.75 Å². The minimum atomic E-state index is -0.316. The van der Waals surface area contributed by atoms with Crippen molar-refractivity contribution in [2.75, 3.05) is 56.9 Å². The van der Waals surface area contributed by atoms with Gasteiger partial charge in [0.2, 0.25) is 11.9 Å². The highest BCUT2D eigenvalue weighted by Gasteiger charge is 2.19. The van der Waals surface area contributed by atoms with E-state index in [4.69, 9.17) is 21.3 Å². The van der Waals surface area contributed by atoms with Gasteiger partial charge in [-0.1, -0.05) is 36.4 Å². The quantitative estimate of drug-likeness (QED) is 0.233. The maximum Gasteiger partial charge on any atom is 0.247 e. The molecule has 0 atom stereocenters. The molecule has 1 amide bonds. The number of aromatic nitrogens is 3. The van der Waals surface area contributed by atoms with Crippen LogP contribution in [0.1, 0.15) is 5.69 Å². The Morgan fingerprint density at radius 1 is 1.18 bits per heavy atom. The van der Waals surface area contributed by atoms with Gasteiger partial charge in [-0.15, -0.1) is 0 Å². The number of benzene rings is 2. The van der Waals surface area contributed by atoms with Crippen LogP contribution >= 0.6 is 11.6 Å². The Morgan fingerprint density at radius 3 is 2.66 bits per heavy atom. The van der Waals surface area contributed by atoms with E-state index in [1.54, 1.807) is 19.4 Å². The third-order valence-corrected chi connectivity index (χ3v) is 6.45. The van der Waals surface area contributed by atoms with Crippen molar-refractivity contribution in [3.05, 3.63) is 66.0 Å². The molecule has 0 aliphatic rings. The predicted molar refractivity (Wildman–Crippen MR) is 156 cm³/mol. The van der Waals surface area contributed by atoms with Gasteiger partial charge in [-0.2, -0.15) is 0 Å². The molecule has 4 aromatic rings. The second-order valence-electron chi connectivity index (χ2n) is 9.17. The van der Waals surface area contributed by atoms with E-state index in [0.717, 1.165) is 40.9 Å². The second kappa shape index (κ2) is 11.5. The summed E-state index contributed by atoms with van der Waals surface area (Å²) in [6.07, 6.45) is 2.81. The number of carbonyl (C=O) groups is 1. The number of hydrogen-bond acceptors (Lipinski definition) is 7. The predicted octanol–water partition coefficient (Wildman–Crippen LogP) is 5.46.